The molecule has 0 unspecified atom stereocenters. The summed E-state index contributed by atoms with van der Waals surface area (Å²) in [4.78, 5) is 48.3. The molecule has 1 spiro atoms. The zero-order valence-corrected chi connectivity index (χ0v) is 19.9. The van der Waals surface area contributed by atoms with Gasteiger partial charge >= 0.3 is 0 Å². The zero-order chi connectivity index (χ0) is 24.8. The largest absolute Gasteiger partial charge is 0.296 e. The maximum absolute atomic E-state index is 14.2. The average Bonchev–Trinajstić information content (AvgIpc) is 3.48. The van der Waals surface area contributed by atoms with Crippen molar-refractivity contribution in [2.45, 2.75) is 25.4 Å². The molecule has 3 aromatic carbocycles. The molecule has 0 bridgehead atoms. The van der Waals surface area contributed by atoms with E-state index in [1.165, 1.54) is 4.90 Å². The summed E-state index contributed by atoms with van der Waals surface area (Å²) in [6.07, 6.45) is 0. The third kappa shape index (κ3) is 2.45. The molecule has 4 heterocycles. The second-order valence-electron chi connectivity index (χ2n) is 10.2. The van der Waals surface area contributed by atoms with Gasteiger partial charge in [0, 0.05) is 11.6 Å². The number of rotatable bonds is 2. The first-order valence-corrected chi connectivity index (χ1v) is 12.3. The van der Waals surface area contributed by atoms with E-state index >= 15 is 0 Å². The molecule has 178 valence electrons. The van der Waals surface area contributed by atoms with Crippen LogP contribution in [-0.4, -0.2) is 27.4 Å². The van der Waals surface area contributed by atoms with Crippen LogP contribution in [-0.2, 0) is 15.1 Å². The van der Waals surface area contributed by atoms with Crippen LogP contribution in [0.15, 0.2) is 83.7 Å². The predicted molar refractivity (Wildman–Crippen MR) is 136 cm³/mol. The van der Waals surface area contributed by atoms with Gasteiger partial charge in [0.25, 0.3) is 5.56 Å². The van der Waals surface area contributed by atoms with E-state index in [2.05, 4.69) is 19.2 Å². The molecule has 7 heteroatoms. The molecule has 1 aromatic heterocycles. The van der Waals surface area contributed by atoms with Crippen molar-refractivity contribution in [2.75, 3.05) is 4.90 Å². The molecule has 3 aliphatic rings. The summed E-state index contributed by atoms with van der Waals surface area (Å²) >= 11 is 0. The van der Waals surface area contributed by atoms with Crippen molar-refractivity contribution in [3.05, 3.63) is 101 Å². The highest BCUT2D eigenvalue weighted by Crippen LogP contribution is 2.56. The van der Waals surface area contributed by atoms with Crippen LogP contribution < -0.4 is 15.8 Å². The molecule has 3 aliphatic heterocycles. The highest BCUT2D eigenvalue weighted by atomic mass is 16.2. The average molecular weight is 477 g/mol. The number of nitrogens with one attached hydrogen (secondary N) is 1. The van der Waals surface area contributed by atoms with Gasteiger partial charge in [0.05, 0.1) is 34.1 Å². The summed E-state index contributed by atoms with van der Waals surface area (Å²) in [5, 5.41) is 4.23. The minimum absolute atomic E-state index is 0.0674. The Morgan fingerprint density at radius 1 is 0.861 bits per heavy atom. The van der Waals surface area contributed by atoms with Gasteiger partial charge in [0.1, 0.15) is 11.4 Å². The van der Waals surface area contributed by atoms with E-state index in [1.54, 1.807) is 22.8 Å². The fourth-order valence-electron chi connectivity index (χ4n) is 6.56. The van der Waals surface area contributed by atoms with Crippen molar-refractivity contribution in [2.24, 2.45) is 17.8 Å². The van der Waals surface area contributed by atoms with Crippen LogP contribution in [0, 0.1) is 17.8 Å². The number of amides is 2. The van der Waals surface area contributed by atoms with Crippen molar-refractivity contribution in [1.29, 1.82) is 0 Å². The molecule has 2 amide bonds. The topological polar surface area (TPSA) is 84.3 Å². The smallest absolute Gasteiger partial charge is 0.266 e. The lowest BCUT2D eigenvalue weighted by Crippen LogP contribution is -2.51. The van der Waals surface area contributed by atoms with Gasteiger partial charge < -0.3 is 0 Å². The SMILES string of the molecule is CC(C)[C@@H]1N[C@@]2(c3ccccc3-n3c2nc2ccccc2c3=O)[C@H]2C(=O)N(c3ccccc3)C(=O)[C@@H]12. The quantitative estimate of drug-likeness (QED) is 0.449. The summed E-state index contributed by atoms with van der Waals surface area (Å²) in [7, 11) is 0. The number of imide groups is 1. The van der Waals surface area contributed by atoms with Crippen molar-refractivity contribution < 1.29 is 9.59 Å². The summed E-state index contributed by atoms with van der Waals surface area (Å²) in [6, 6.07) is 23.7. The van der Waals surface area contributed by atoms with Crippen LogP contribution in [0.25, 0.3) is 16.6 Å². The maximum Gasteiger partial charge on any atom is 0.266 e. The van der Waals surface area contributed by atoms with Crippen LogP contribution in [0.3, 0.4) is 0 Å². The third-order valence-electron chi connectivity index (χ3n) is 8.03. The second-order valence-corrected chi connectivity index (χ2v) is 10.2. The molecule has 7 rings (SSSR count). The molecule has 2 fully saturated rings. The van der Waals surface area contributed by atoms with E-state index in [1.807, 2.05) is 60.7 Å². The van der Waals surface area contributed by atoms with Crippen LogP contribution >= 0.6 is 0 Å². The van der Waals surface area contributed by atoms with Gasteiger partial charge in [0.2, 0.25) is 11.8 Å². The first kappa shape index (κ1) is 21.2. The third-order valence-corrected chi connectivity index (χ3v) is 8.03. The van der Waals surface area contributed by atoms with Gasteiger partial charge in [-0.1, -0.05) is 62.4 Å². The Hall–Kier alpha value is -4.10. The van der Waals surface area contributed by atoms with Crippen LogP contribution in [0.2, 0.25) is 0 Å². The fraction of sp³-hybridized carbons (Fsp3) is 0.241. The molecule has 4 atom stereocenters. The summed E-state index contributed by atoms with van der Waals surface area (Å²) in [6.45, 7) is 4.11. The Balaban J connectivity index is 1.55. The van der Waals surface area contributed by atoms with Gasteiger partial charge in [-0.3, -0.25) is 24.3 Å². The normalized spacial score (nSPS) is 26.2. The second kappa shape index (κ2) is 7.21. The number of carbonyl (C=O) groups is 2. The minimum atomic E-state index is -1.10. The van der Waals surface area contributed by atoms with Crippen LogP contribution in [0.1, 0.15) is 25.2 Å². The molecule has 7 nitrogen and oxygen atoms in total. The molecule has 0 radical (unpaired) electrons. The fourth-order valence-corrected chi connectivity index (χ4v) is 6.56. The predicted octanol–water partition coefficient (Wildman–Crippen LogP) is 3.38. The van der Waals surface area contributed by atoms with Crippen molar-refractivity contribution in [1.82, 2.24) is 14.9 Å². The van der Waals surface area contributed by atoms with Gasteiger partial charge in [-0.05, 0) is 36.2 Å². The van der Waals surface area contributed by atoms with E-state index in [-0.39, 0.29) is 29.3 Å². The Labute approximate surface area is 207 Å². The van der Waals surface area contributed by atoms with E-state index in [0.717, 1.165) is 5.56 Å². The number of carbonyl (C=O) groups excluding carboxylic acids is 2. The Morgan fingerprint density at radius 3 is 2.33 bits per heavy atom. The lowest BCUT2D eigenvalue weighted by Gasteiger charge is -2.32. The van der Waals surface area contributed by atoms with Gasteiger partial charge in [-0.15, -0.1) is 0 Å². The first-order valence-electron chi connectivity index (χ1n) is 12.3. The molecule has 0 aliphatic carbocycles. The van der Waals surface area contributed by atoms with Gasteiger partial charge in [-0.2, -0.15) is 0 Å². The van der Waals surface area contributed by atoms with E-state index in [0.29, 0.717) is 28.1 Å². The number of nitrogens with zero attached hydrogens (tertiary/aromatic N) is 3. The van der Waals surface area contributed by atoms with E-state index in [4.69, 9.17) is 4.98 Å². The highest BCUT2D eigenvalue weighted by molar-refractivity contribution is 6.23. The number of aromatic nitrogens is 2. The number of para-hydroxylation sites is 3. The number of fused-ring (bicyclic) bond motifs is 8. The monoisotopic (exact) mass is 476 g/mol. The Bertz CT molecular complexity index is 1640. The molecule has 1 N–H and O–H groups in total. The standard InChI is InChI=1S/C29H24N4O3/c1-16(2)24-22-23(27(36)32(26(22)35)17-10-4-3-5-11-17)29(31-24)19-13-7-9-15-21(19)33-25(34)18-12-6-8-14-20(18)30-28(29)33/h3-16,22-24,31H,1-2H3/t22-,23-,24+,29+/m1/s1. The lowest BCUT2D eigenvalue weighted by molar-refractivity contribution is -0.123. The number of anilines is 1. The zero-order valence-electron chi connectivity index (χ0n) is 19.9. The Morgan fingerprint density at radius 2 is 1.56 bits per heavy atom. The highest BCUT2D eigenvalue weighted by Gasteiger charge is 2.70. The van der Waals surface area contributed by atoms with E-state index < -0.39 is 17.4 Å². The Kier molecular flexibility index (Phi) is 4.25. The van der Waals surface area contributed by atoms with Crippen LogP contribution in [0.4, 0.5) is 5.69 Å². The van der Waals surface area contributed by atoms with Gasteiger partial charge in [-0.25, -0.2) is 9.88 Å². The molecule has 0 saturated carbocycles. The van der Waals surface area contributed by atoms with E-state index in [9.17, 15) is 14.4 Å². The lowest BCUT2D eigenvalue weighted by atomic mass is 9.75. The number of hydrogen-bond donors (Lipinski definition) is 1. The first-order chi connectivity index (χ1) is 17.4. The van der Waals surface area contributed by atoms with Crippen molar-refractivity contribution in [3.8, 4) is 5.69 Å². The van der Waals surface area contributed by atoms with Crippen molar-refractivity contribution >= 4 is 28.4 Å². The molecule has 4 aromatic rings. The number of benzene rings is 3. The van der Waals surface area contributed by atoms with Gasteiger partial charge in [0.15, 0.2) is 0 Å². The number of hydrogen-bond acceptors (Lipinski definition) is 5. The molecular weight excluding hydrogens is 452 g/mol. The molecular formula is C29H24N4O3. The summed E-state index contributed by atoms with van der Waals surface area (Å²) in [5.74, 6) is -1.25. The molecule has 2 saturated heterocycles. The maximum atomic E-state index is 14.2. The van der Waals surface area contributed by atoms with Crippen LogP contribution in [0.5, 0.6) is 0 Å². The minimum Gasteiger partial charge on any atom is -0.296 e. The molecule has 36 heavy (non-hydrogen) atoms. The summed E-state index contributed by atoms with van der Waals surface area (Å²) in [5.41, 5.74) is 1.36. The summed E-state index contributed by atoms with van der Waals surface area (Å²) < 4.78 is 1.63. The van der Waals surface area contributed by atoms with Crippen molar-refractivity contribution in [3.63, 3.8) is 0 Å².